The number of nitrogens with one attached hydrogen (secondary N) is 1. The van der Waals surface area contributed by atoms with Crippen LogP contribution in [0.15, 0.2) is 30.5 Å². The minimum absolute atomic E-state index is 0.518. The largest absolute Gasteiger partial charge is 0.310 e. The summed E-state index contributed by atoms with van der Waals surface area (Å²) < 4.78 is 1.93. The maximum absolute atomic E-state index is 4.28. The Morgan fingerprint density at radius 1 is 1.22 bits per heavy atom. The van der Waals surface area contributed by atoms with Gasteiger partial charge >= 0.3 is 0 Å². The van der Waals surface area contributed by atoms with Gasteiger partial charge in [-0.25, -0.2) is 0 Å². The molecule has 0 saturated carbocycles. The molecule has 0 fully saturated rings. The average Bonchev–Trinajstić information content (AvgIpc) is 2.67. The topological polar surface area (TPSA) is 29.9 Å². The maximum Gasteiger partial charge on any atom is 0.0708 e. The molecule has 0 amide bonds. The lowest BCUT2D eigenvalue weighted by Gasteiger charge is -2.09. The van der Waals surface area contributed by atoms with Gasteiger partial charge in [-0.2, -0.15) is 5.10 Å². The Kier molecular flexibility index (Phi) is 3.82. The van der Waals surface area contributed by atoms with Gasteiger partial charge in [-0.05, 0) is 18.1 Å². The van der Waals surface area contributed by atoms with Crippen LogP contribution in [0, 0.1) is 6.92 Å². The van der Waals surface area contributed by atoms with E-state index in [9.17, 15) is 0 Å². The zero-order valence-corrected chi connectivity index (χ0v) is 11.6. The Bertz CT molecular complexity index is 490. The average molecular weight is 243 g/mol. The Morgan fingerprint density at radius 3 is 2.39 bits per heavy atom. The zero-order chi connectivity index (χ0) is 13.1. The van der Waals surface area contributed by atoms with Crippen LogP contribution in [-0.4, -0.2) is 15.8 Å². The summed E-state index contributed by atoms with van der Waals surface area (Å²) in [5, 5.41) is 7.70. The highest BCUT2D eigenvalue weighted by Crippen LogP contribution is 2.22. The normalized spacial score (nSPS) is 11.2. The summed E-state index contributed by atoms with van der Waals surface area (Å²) in [6.45, 7) is 7.33. The minimum atomic E-state index is 0.518. The molecule has 0 aliphatic heterocycles. The molecule has 1 heterocycles. The molecule has 0 unspecified atom stereocenters. The quantitative estimate of drug-likeness (QED) is 0.895. The summed E-state index contributed by atoms with van der Waals surface area (Å²) in [6.07, 6.45) is 1.91. The van der Waals surface area contributed by atoms with Crippen molar-refractivity contribution in [2.45, 2.75) is 33.4 Å². The van der Waals surface area contributed by atoms with E-state index in [0.29, 0.717) is 6.04 Å². The van der Waals surface area contributed by atoms with Gasteiger partial charge in [0.2, 0.25) is 0 Å². The monoisotopic (exact) mass is 243 g/mol. The smallest absolute Gasteiger partial charge is 0.0708 e. The van der Waals surface area contributed by atoms with Crippen molar-refractivity contribution >= 4 is 0 Å². The fourth-order valence-corrected chi connectivity index (χ4v) is 2.06. The first-order valence-corrected chi connectivity index (χ1v) is 6.39. The molecule has 1 N–H and O–H groups in total. The number of aryl methyl sites for hydroxylation is 2. The molecule has 3 nitrogen and oxygen atoms in total. The highest BCUT2D eigenvalue weighted by Gasteiger charge is 2.07. The molecular formula is C15H21N3. The van der Waals surface area contributed by atoms with Crippen molar-refractivity contribution in [1.82, 2.24) is 15.1 Å². The molecule has 0 atom stereocenters. The molecule has 18 heavy (non-hydrogen) atoms. The third-order valence-electron chi connectivity index (χ3n) is 3.06. The molecule has 2 rings (SSSR count). The van der Waals surface area contributed by atoms with E-state index in [1.54, 1.807) is 0 Å². The lowest BCUT2D eigenvalue weighted by molar-refractivity contribution is 0.589. The Hall–Kier alpha value is -1.61. The van der Waals surface area contributed by atoms with Gasteiger partial charge in [0.15, 0.2) is 0 Å². The molecule has 0 aliphatic rings. The Balaban J connectivity index is 2.17. The molecular weight excluding hydrogens is 222 g/mol. The molecule has 1 aromatic heterocycles. The molecule has 0 radical (unpaired) electrons. The van der Waals surface area contributed by atoms with Gasteiger partial charge in [0.25, 0.3) is 0 Å². The van der Waals surface area contributed by atoms with Gasteiger partial charge in [0.1, 0.15) is 0 Å². The van der Waals surface area contributed by atoms with Crippen molar-refractivity contribution in [2.24, 2.45) is 7.05 Å². The summed E-state index contributed by atoms with van der Waals surface area (Å²) in [5.41, 5.74) is 4.94. The van der Waals surface area contributed by atoms with Crippen molar-refractivity contribution in [3.05, 3.63) is 41.6 Å². The number of hydrogen-bond donors (Lipinski definition) is 1. The molecule has 0 spiro atoms. The maximum atomic E-state index is 4.28. The first kappa shape index (κ1) is 12.8. The molecule has 1 aromatic carbocycles. The summed E-state index contributed by atoms with van der Waals surface area (Å²) in [5.74, 6) is 0. The fourth-order valence-electron chi connectivity index (χ4n) is 2.06. The molecule has 0 saturated heterocycles. The number of nitrogens with zero attached hydrogens (tertiary/aromatic N) is 2. The van der Waals surface area contributed by atoms with Crippen LogP contribution in [0.3, 0.4) is 0 Å². The highest BCUT2D eigenvalue weighted by atomic mass is 15.3. The van der Waals surface area contributed by atoms with Crippen LogP contribution in [-0.2, 0) is 13.6 Å². The lowest BCUT2D eigenvalue weighted by atomic mass is 10.1. The summed E-state index contributed by atoms with van der Waals surface area (Å²) in [4.78, 5) is 0. The highest BCUT2D eigenvalue weighted by molar-refractivity contribution is 5.63. The van der Waals surface area contributed by atoms with Gasteiger partial charge < -0.3 is 5.32 Å². The number of rotatable bonds is 4. The predicted octanol–water partition coefficient (Wildman–Crippen LogP) is 2.89. The predicted molar refractivity (Wildman–Crippen MR) is 75.4 cm³/mol. The lowest BCUT2D eigenvalue weighted by Crippen LogP contribution is -2.21. The van der Waals surface area contributed by atoms with Crippen LogP contribution in [0.5, 0.6) is 0 Å². The molecule has 96 valence electrons. The SMILES string of the molecule is Cc1cnn(C)c1-c1ccc(CNC(C)C)cc1. The van der Waals surface area contributed by atoms with E-state index in [1.165, 1.54) is 22.4 Å². The van der Waals surface area contributed by atoms with Gasteiger partial charge in [-0.15, -0.1) is 0 Å². The van der Waals surface area contributed by atoms with Crippen LogP contribution in [0.2, 0.25) is 0 Å². The van der Waals surface area contributed by atoms with Crippen LogP contribution in [0.25, 0.3) is 11.3 Å². The van der Waals surface area contributed by atoms with E-state index in [1.807, 2.05) is 17.9 Å². The number of aromatic nitrogens is 2. The van der Waals surface area contributed by atoms with Gasteiger partial charge in [0.05, 0.1) is 11.9 Å². The Morgan fingerprint density at radius 2 is 1.89 bits per heavy atom. The first-order valence-electron chi connectivity index (χ1n) is 6.39. The van der Waals surface area contributed by atoms with Crippen molar-refractivity contribution in [3.8, 4) is 11.3 Å². The van der Waals surface area contributed by atoms with Crippen LogP contribution in [0.4, 0.5) is 0 Å². The fraction of sp³-hybridized carbons (Fsp3) is 0.400. The molecule has 0 aliphatic carbocycles. The van der Waals surface area contributed by atoms with Crippen molar-refractivity contribution in [2.75, 3.05) is 0 Å². The second-order valence-electron chi connectivity index (χ2n) is 5.03. The third-order valence-corrected chi connectivity index (χ3v) is 3.06. The first-order chi connectivity index (χ1) is 8.58. The second-order valence-corrected chi connectivity index (χ2v) is 5.03. The van der Waals surface area contributed by atoms with Gasteiger partial charge in [0, 0.05) is 25.2 Å². The number of hydrogen-bond acceptors (Lipinski definition) is 2. The van der Waals surface area contributed by atoms with Gasteiger partial charge in [-0.1, -0.05) is 38.1 Å². The van der Waals surface area contributed by atoms with E-state index in [4.69, 9.17) is 0 Å². The minimum Gasteiger partial charge on any atom is -0.310 e. The molecule has 0 bridgehead atoms. The standard InChI is InChI=1S/C15H21N3/c1-11(2)16-10-13-5-7-14(8-6-13)15-12(3)9-17-18(15)4/h5-9,11,16H,10H2,1-4H3. The van der Waals surface area contributed by atoms with Gasteiger partial charge in [-0.3, -0.25) is 4.68 Å². The van der Waals surface area contributed by atoms with E-state index in [2.05, 4.69) is 55.5 Å². The van der Waals surface area contributed by atoms with E-state index in [0.717, 1.165) is 6.54 Å². The van der Waals surface area contributed by atoms with Crippen molar-refractivity contribution in [3.63, 3.8) is 0 Å². The van der Waals surface area contributed by atoms with Crippen LogP contribution >= 0.6 is 0 Å². The van der Waals surface area contributed by atoms with Crippen LogP contribution in [0.1, 0.15) is 25.0 Å². The van der Waals surface area contributed by atoms with E-state index in [-0.39, 0.29) is 0 Å². The van der Waals surface area contributed by atoms with E-state index >= 15 is 0 Å². The zero-order valence-electron chi connectivity index (χ0n) is 11.6. The Labute approximate surface area is 109 Å². The summed E-state index contributed by atoms with van der Waals surface area (Å²) in [7, 11) is 1.98. The van der Waals surface area contributed by atoms with E-state index < -0.39 is 0 Å². The van der Waals surface area contributed by atoms with Crippen LogP contribution < -0.4 is 5.32 Å². The number of benzene rings is 1. The second kappa shape index (κ2) is 5.36. The van der Waals surface area contributed by atoms with Crippen molar-refractivity contribution < 1.29 is 0 Å². The molecule has 3 heteroatoms. The summed E-state index contributed by atoms with van der Waals surface area (Å²) in [6, 6.07) is 9.21. The third kappa shape index (κ3) is 2.79. The van der Waals surface area contributed by atoms with Crippen molar-refractivity contribution in [1.29, 1.82) is 0 Å². The molecule has 2 aromatic rings. The summed E-state index contributed by atoms with van der Waals surface area (Å²) >= 11 is 0.